The van der Waals surface area contributed by atoms with Gasteiger partial charge in [0.1, 0.15) is 0 Å². The molecule has 1 rings (SSSR count). The van der Waals surface area contributed by atoms with E-state index in [1.165, 1.54) is 63.2 Å². The smallest absolute Gasteiger partial charge is 0.319 e. The van der Waals surface area contributed by atoms with E-state index in [0.717, 1.165) is 0 Å². The maximum atomic E-state index is 7.56. The number of hydrogen-bond acceptors (Lipinski definition) is 2. The minimum Gasteiger partial charge on any atom is -0.325 e. The Morgan fingerprint density at radius 1 is 0.800 bits per heavy atom. The molecule has 0 bridgehead atoms. The summed E-state index contributed by atoms with van der Waals surface area (Å²) in [7, 11) is 0. The largest absolute Gasteiger partial charge is 0.325 e. The molecule has 1 aromatic rings. The van der Waals surface area contributed by atoms with Crippen molar-refractivity contribution >= 4 is 41.2 Å². The number of aryl methyl sites for hydroxylation is 1. The zero-order chi connectivity index (χ0) is 19.9. The third-order valence-electron chi connectivity index (χ3n) is 2.92. The van der Waals surface area contributed by atoms with E-state index in [1.54, 1.807) is 9.72 Å². The summed E-state index contributed by atoms with van der Waals surface area (Å²) in [6, 6.07) is 8.90. The Morgan fingerprint density at radius 3 is 1.64 bits per heavy atom. The van der Waals surface area contributed by atoms with Gasteiger partial charge in [-0.2, -0.15) is 0 Å². The van der Waals surface area contributed by atoms with Gasteiger partial charge in [0.25, 0.3) is 0 Å². The average Bonchev–Trinajstić information content (AvgIpc) is 2.41. The monoisotopic (exact) mass is 481 g/mol. The zero-order valence-corrected chi connectivity index (χ0v) is 20.7. The second-order valence-electron chi connectivity index (χ2n) is 5.31. The van der Waals surface area contributed by atoms with E-state index < -0.39 is 13.4 Å². The third-order valence-corrected chi connectivity index (χ3v) is 4.37. The second-order valence-corrected chi connectivity index (χ2v) is 11.9. The SMILES string of the molecule is CCCCCCCCc1cccc[c]1[Zn].OP(O)(O)=S.OP(O)(O)=S. The van der Waals surface area contributed by atoms with Gasteiger partial charge in [-0.1, -0.05) is 0 Å². The van der Waals surface area contributed by atoms with E-state index in [0.29, 0.717) is 0 Å². The standard InChI is InChI=1S/C14H21.2H3O3PS.Zn/c1-2-3-4-5-6-8-11-14-12-9-7-10-13-14;2*1-4(2,3)5;/h7,9-10,12H,2-6,8,11H2,1H3;2*(H3,1,2,3,5);. The van der Waals surface area contributed by atoms with Crippen LogP contribution in [0.1, 0.15) is 51.0 Å². The van der Waals surface area contributed by atoms with Crippen molar-refractivity contribution in [2.75, 3.05) is 0 Å². The van der Waals surface area contributed by atoms with Crippen LogP contribution in [0, 0.1) is 0 Å². The number of hydrogen-bond donors (Lipinski definition) is 6. The Morgan fingerprint density at radius 2 is 1.20 bits per heavy atom. The minimum absolute atomic E-state index is 1.29. The molecule has 0 radical (unpaired) electrons. The minimum atomic E-state index is -3.81. The fraction of sp³-hybridized carbons (Fsp3) is 0.571. The Kier molecular flexibility index (Phi) is 17.9. The Hall–Kier alpha value is 0.903. The fourth-order valence-electron chi connectivity index (χ4n) is 1.90. The van der Waals surface area contributed by atoms with Gasteiger partial charge in [0.15, 0.2) is 0 Å². The van der Waals surface area contributed by atoms with Gasteiger partial charge in [0, 0.05) is 0 Å². The van der Waals surface area contributed by atoms with Gasteiger partial charge >= 0.3 is 118 Å². The van der Waals surface area contributed by atoms with Crippen molar-refractivity contribution in [2.45, 2.75) is 51.9 Å². The third kappa shape index (κ3) is 33.0. The van der Waals surface area contributed by atoms with Crippen LogP contribution in [0.5, 0.6) is 0 Å². The summed E-state index contributed by atoms with van der Waals surface area (Å²) in [6.45, 7) is -5.34. The van der Waals surface area contributed by atoms with E-state index >= 15 is 0 Å². The van der Waals surface area contributed by atoms with Crippen molar-refractivity contribution in [3.05, 3.63) is 29.8 Å². The van der Waals surface area contributed by atoms with Gasteiger partial charge in [-0.25, -0.2) is 0 Å². The van der Waals surface area contributed by atoms with Gasteiger partial charge in [-0.05, 0) is 23.6 Å². The van der Waals surface area contributed by atoms with Crippen molar-refractivity contribution in [3.8, 4) is 0 Å². The molecule has 25 heavy (non-hydrogen) atoms. The Balaban J connectivity index is 0. The molecule has 0 heterocycles. The summed E-state index contributed by atoms with van der Waals surface area (Å²) in [6.07, 6.45) is 9.70. The molecule has 143 valence electrons. The quantitative estimate of drug-likeness (QED) is 0.199. The van der Waals surface area contributed by atoms with E-state index in [4.69, 9.17) is 29.4 Å². The molecular formula is C14H27O6P2S2Zn. The Bertz CT molecular complexity index is 513. The summed E-state index contributed by atoms with van der Waals surface area (Å²) in [5, 5.41) is 0. The molecular weight excluding hydrogens is 456 g/mol. The van der Waals surface area contributed by atoms with Crippen LogP contribution in [0.3, 0.4) is 0 Å². The first-order valence-corrected chi connectivity index (χ1v) is 14.6. The van der Waals surface area contributed by atoms with Crippen LogP contribution in [0.15, 0.2) is 24.3 Å². The molecule has 0 saturated carbocycles. The molecule has 0 aliphatic heterocycles. The van der Waals surface area contributed by atoms with Crippen molar-refractivity contribution in [1.82, 2.24) is 0 Å². The zero-order valence-electron chi connectivity index (χ0n) is 14.4. The molecule has 11 heteroatoms. The molecule has 0 spiro atoms. The molecule has 0 aliphatic rings. The van der Waals surface area contributed by atoms with Gasteiger partial charge in [-0.15, -0.1) is 0 Å². The predicted octanol–water partition coefficient (Wildman–Crippen LogP) is 2.14. The van der Waals surface area contributed by atoms with Crippen LogP contribution in [0.25, 0.3) is 0 Å². The van der Waals surface area contributed by atoms with Crippen LogP contribution < -0.4 is 4.16 Å². The first kappa shape index (κ1) is 28.1. The first-order valence-electron chi connectivity index (χ1n) is 7.81. The molecule has 0 unspecified atom stereocenters. The van der Waals surface area contributed by atoms with Crippen LogP contribution in [0.4, 0.5) is 0 Å². The van der Waals surface area contributed by atoms with E-state index in [9.17, 15) is 0 Å². The van der Waals surface area contributed by atoms with E-state index in [1.807, 2.05) is 0 Å². The number of rotatable bonds is 7. The Labute approximate surface area is 170 Å². The van der Waals surface area contributed by atoms with Crippen LogP contribution in [0.2, 0.25) is 0 Å². The molecule has 6 nitrogen and oxygen atoms in total. The molecule has 0 atom stereocenters. The molecule has 1 aromatic carbocycles. The van der Waals surface area contributed by atoms with Crippen molar-refractivity contribution in [2.24, 2.45) is 0 Å². The average molecular weight is 483 g/mol. The molecule has 0 aliphatic carbocycles. The second kappa shape index (κ2) is 15.9. The summed E-state index contributed by atoms with van der Waals surface area (Å²) < 4.78 is 1.58. The number of unbranched alkanes of at least 4 members (excludes halogenated alkanes) is 5. The molecule has 0 aromatic heterocycles. The molecule has 6 N–H and O–H groups in total. The maximum Gasteiger partial charge on any atom is 0.319 e. The van der Waals surface area contributed by atoms with Gasteiger partial charge in [0.05, 0.1) is 0 Å². The summed E-state index contributed by atoms with van der Waals surface area (Å²) >= 11 is 8.51. The molecule has 0 saturated heterocycles. The fourth-order valence-corrected chi connectivity index (χ4v) is 2.80. The van der Waals surface area contributed by atoms with Crippen LogP contribution in [-0.2, 0) is 48.3 Å². The number of benzene rings is 1. The normalized spacial score (nSPS) is 11.1. The topological polar surface area (TPSA) is 121 Å². The van der Waals surface area contributed by atoms with E-state index in [-0.39, 0.29) is 0 Å². The first-order chi connectivity index (χ1) is 11.3. The van der Waals surface area contributed by atoms with E-state index in [2.05, 4.69) is 54.8 Å². The summed E-state index contributed by atoms with van der Waals surface area (Å²) in [5.41, 5.74) is 1.59. The van der Waals surface area contributed by atoms with Gasteiger partial charge in [0.2, 0.25) is 0 Å². The maximum absolute atomic E-state index is 7.56. The van der Waals surface area contributed by atoms with Crippen molar-refractivity contribution in [3.63, 3.8) is 0 Å². The molecule has 0 amide bonds. The van der Waals surface area contributed by atoms with Crippen molar-refractivity contribution in [1.29, 1.82) is 0 Å². The van der Waals surface area contributed by atoms with Gasteiger partial charge < -0.3 is 29.4 Å². The molecule has 0 fully saturated rings. The summed E-state index contributed by atoms with van der Waals surface area (Å²) in [5.74, 6) is 0. The predicted molar refractivity (Wildman–Crippen MR) is 105 cm³/mol. The van der Waals surface area contributed by atoms with Crippen molar-refractivity contribution < 1.29 is 47.7 Å². The van der Waals surface area contributed by atoms with Gasteiger partial charge in [-0.3, -0.25) is 0 Å². The van der Waals surface area contributed by atoms with Crippen LogP contribution >= 0.6 is 13.4 Å². The summed E-state index contributed by atoms with van der Waals surface area (Å²) in [4.78, 5) is 45.3. The van der Waals surface area contributed by atoms with Crippen LogP contribution in [-0.4, -0.2) is 29.4 Å².